The van der Waals surface area contributed by atoms with Gasteiger partial charge in [-0.2, -0.15) is 4.73 Å². The molecule has 2 fully saturated rings. The van der Waals surface area contributed by atoms with E-state index in [9.17, 15) is 14.8 Å². The fraction of sp³-hybridized carbons (Fsp3) is 0.381. The lowest BCUT2D eigenvalue weighted by Gasteiger charge is -2.27. The maximum absolute atomic E-state index is 12.9. The number of carbonyl (C=O) groups excluding carboxylic acids is 2. The SMILES string of the molecule is CCc1ccc(-c2cccc[n+]2[O-])cc1C1C(=O)[C@@H]2CC[C@@H](C2)C1=O. The highest BCUT2D eigenvalue weighted by molar-refractivity contribution is 6.12. The molecule has 2 aromatic rings. The van der Waals surface area contributed by atoms with E-state index in [4.69, 9.17) is 0 Å². The molecule has 0 radical (unpaired) electrons. The van der Waals surface area contributed by atoms with Crippen molar-refractivity contribution in [2.45, 2.75) is 38.5 Å². The smallest absolute Gasteiger partial charge is 0.223 e. The minimum absolute atomic E-state index is 0.0298. The van der Waals surface area contributed by atoms with Crippen molar-refractivity contribution in [3.05, 3.63) is 58.9 Å². The van der Waals surface area contributed by atoms with Gasteiger partial charge >= 0.3 is 0 Å². The lowest BCUT2D eigenvalue weighted by molar-refractivity contribution is -0.593. The number of fused-ring (bicyclic) bond motifs is 2. The quantitative estimate of drug-likeness (QED) is 0.492. The van der Waals surface area contributed by atoms with Gasteiger partial charge in [0.15, 0.2) is 17.8 Å². The molecule has 0 aliphatic heterocycles. The average molecular weight is 335 g/mol. The number of benzene rings is 1. The summed E-state index contributed by atoms with van der Waals surface area (Å²) in [5.41, 5.74) is 3.10. The number of carbonyl (C=O) groups is 2. The van der Waals surface area contributed by atoms with Gasteiger partial charge in [-0.1, -0.05) is 13.0 Å². The van der Waals surface area contributed by atoms with Gasteiger partial charge in [-0.25, -0.2) is 0 Å². The predicted molar refractivity (Wildman–Crippen MR) is 93.8 cm³/mol. The van der Waals surface area contributed by atoms with Crippen molar-refractivity contribution in [2.24, 2.45) is 11.8 Å². The van der Waals surface area contributed by atoms with Crippen LogP contribution in [0.3, 0.4) is 0 Å². The fourth-order valence-corrected chi connectivity index (χ4v) is 4.41. The summed E-state index contributed by atoms with van der Waals surface area (Å²) in [5, 5.41) is 12.1. The van der Waals surface area contributed by atoms with E-state index in [2.05, 4.69) is 0 Å². The first-order chi connectivity index (χ1) is 12.1. The van der Waals surface area contributed by atoms with Crippen LogP contribution in [0.25, 0.3) is 11.3 Å². The van der Waals surface area contributed by atoms with Crippen molar-refractivity contribution < 1.29 is 14.3 Å². The van der Waals surface area contributed by atoms with Gasteiger partial charge in [0.2, 0.25) is 5.69 Å². The molecule has 4 nitrogen and oxygen atoms in total. The van der Waals surface area contributed by atoms with Crippen molar-refractivity contribution in [2.75, 3.05) is 0 Å². The number of hydrogen-bond acceptors (Lipinski definition) is 3. The summed E-state index contributed by atoms with van der Waals surface area (Å²) < 4.78 is 0.818. The zero-order chi connectivity index (χ0) is 17.6. The third-order valence-corrected chi connectivity index (χ3v) is 5.76. The Bertz CT molecular complexity index is 836. The summed E-state index contributed by atoms with van der Waals surface area (Å²) >= 11 is 0. The normalized spacial score (nSPS) is 25.4. The van der Waals surface area contributed by atoms with E-state index in [-0.39, 0.29) is 23.4 Å². The zero-order valence-corrected chi connectivity index (χ0v) is 14.3. The number of nitrogens with zero attached hydrogens (tertiary/aromatic N) is 1. The van der Waals surface area contributed by atoms with Gasteiger partial charge in [-0.05, 0) is 55.0 Å². The summed E-state index contributed by atoms with van der Waals surface area (Å²) in [7, 11) is 0. The number of rotatable bonds is 3. The third kappa shape index (κ3) is 2.56. The molecule has 128 valence electrons. The van der Waals surface area contributed by atoms with Crippen LogP contribution in [0.15, 0.2) is 42.6 Å². The molecule has 2 aliphatic carbocycles. The van der Waals surface area contributed by atoms with E-state index in [0.717, 1.165) is 47.1 Å². The number of Topliss-reactive ketones (excluding diaryl/α,β-unsaturated/α-hetero) is 2. The predicted octanol–water partition coefficient (Wildman–Crippen LogP) is 3.20. The van der Waals surface area contributed by atoms with E-state index in [0.29, 0.717) is 5.69 Å². The molecule has 1 heterocycles. The van der Waals surface area contributed by atoms with Crippen molar-refractivity contribution in [3.8, 4) is 11.3 Å². The van der Waals surface area contributed by atoms with Gasteiger partial charge in [0, 0.05) is 29.5 Å². The first kappa shape index (κ1) is 16.0. The second-order valence-corrected chi connectivity index (χ2v) is 7.12. The van der Waals surface area contributed by atoms with Gasteiger partial charge < -0.3 is 5.21 Å². The van der Waals surface area contributed by atoms with E-state index < -0.39 is 5.92 Å². The summed E-state index contributed by atoms with van der Waals surface area (Å²) in [5.74, 6) is -0.434. The van der Waals surface area contributed by atoms with Crippen LogP contribution in [0.4, 0.5) is 0 Å². The fourth-order valence-electron chi connectivity index (χ4n) is 4.41. The molecule has 2 bridgehead atoms. The Kier molecular flexibility index (Phi) is 3.91. The van der Waals surface area contributed by atoms with Crippen LogP contribution in [-0.2, 0) is 16.0 Å². The maximum atomic E-state index is 12.9. The molecule has 0 amide bonds. The number of ketones is 2. The minimum Gasteiger partial charge on any atom is -0.618 e. The Labute approximate surface area is 147 Å². The molecular formula is C21H21NO3. The summed E-state index contributed by atoms with van der Waals surface area (Å²) in [6.45, 7) is 2.03. The lowest BCUT2D eigenvalue weighted by Crippen LogP contribution is -2.35. The minimum atomic E-state index is -0.648. The Hall–Kier alpha value is -2.49. The Morgan fingerprint density at radius 1 is 1.08 bits per heavy atom. The highest BCUT2D eigenvalue weighted by atomic mass is 16.5. The van der Waals surface area contributed by atoms with Crippen molar-refractivity contribution in [1.82, 2.24) is 0 Å². The highest BCUT2D eigenvalue weighted by Crippen LogP contribution is 2.45. The Morgan fingerprint density at radius 2 is 1.80 bits per heavy atom. The molecule has 1 unspecified atom stereocenters. The zero-order valence-electron chi connectivity index (χ0n) is 14.3. The molecule has 2 saturated carbocycles. The van der Waals surface area contributed by atoms with Crippen LogP contribution < -0.4 is 4.73 Å². The summed E-state index contributed by atoms with van der Waals surface area (Å²) in [6, 6.07) is 11.0. The van der Waals surface area contributed by atoms with Crippen LogP contribution in [0.1, 0.15) is 43.2 Å². The first-order valence-electron chi connectivity index (χ1n) is 8.99. The second-order valence-electron chi connectivity index (χ2n) is 7.12. The van der Waals surface area contributed by atoms with Crippen molar-refractivity contribution in [1.29, 1.82) is 0 Å². The van der Waals surface area contributed by atoms with E-state index in [1.54, 1.807) is 12.1 Å². The first-order valence-corrected chi connectivity index (χ1v) is 8.99. The molecule has 0 spiro atoms. The number of hydrogen-bond donors (Lipinski definition) is 0. The van der Waals surface area contributed by atoms with E-state index in [1.807, 2.05) is 31.2 Å². The van der Waals surface area contributed by atoms with Gasteiger partial charge in [0.25, 0.3) is 0 Å². The maximum Gasteiger partial charge on any atom is 0.223 e. The van der Waals surface area contributed by atoms with Gasteiger partial charge in [-0.15, -0.1) is 0 Å². The van der Waals surface area contributed by atoms with Crippen LogP contribution in [0.5, 0.6) is 0 Å². The molecule has 0 saturated heterocycles. The molecule has 2 aliphatic rings. The Morgan fingerprint density at radius 3 is 2.44 bits per heavy atom. The summed E-state index contributed by atoms with van der Waals surface area (Å²) in [4.78, 5) is 25.8. The van der Waals surface area contributed by atoms with Crippen molar-refractivity contribution in [3.63, 3.8) is 0 Å². The highest BCUT2D eigenvalue weighted by Gasteiger charge is 2.47. The van der Waals surface area contributed by atoms with Crippen LogP contribution in [0, 0.1) is 17.0 Å². The molecule has 0 N–H and O–H groups in total. The number of aryl methyl sites for hydroxylation is 1. The molecule has 4 heteroatoms. The monoisotopic (exact) mass is 335 g/mol. The molecule has 1 aromatic carbocycles. The third-order valence-electron chi connectivity index (χ3n) is 5.76. The number of aromatic nitrogens is 1. The molecule has 3 atom stereocenters. The van der Waals surface area contributed by atoms with Gasteiger partial charge in [0.1, 0.15) is 5.92 Å². The molecule has 1 aromatic heterocycles. The average Bonchev–Trinajstić information content (AvgIpc) is 3.08. The molecule has 4 rings (SSSR count). The molecular weight excluding hydrogens is 314 g/mol. The largest absolute Gasteiger partial charge is 0.618 e. The number of pyridine rings is 1. The Balaban J connectivity index is 1.83. The topological polar surface area (TPSA) is 61.1 Å². The van der Waals surface area contributed by atoms with Gasteiger partial charge in [-0.3, -0.25) is 9.59 Å². The second kappa shape index (κ2) is 6.10. The standard InChI is InChI=1S/C21H21NO3/c1-2-13-6-7-14(18-5-3-4-10-22(18)25)12-17(13)19-20(23)15-8-9-16(11-15)21(19)24/h3-7,10,12,15-16,19H,2,8-9,11H2,1H3/t15-,16+,19?. The van der Waals surface area contributed by atoms with E-state index >= 15 is 0 Å². The van der Waals surface area contributed by atoms with E-state index in [1.165, 1.54) is 6.20 Å². The van der Waals surface area contributed by atoms with Crippen molar-refractivity contribution >= 4 is 11.6 Å². The molecule has 25 heavy (non-hydrogen) atoms. The summed E-state index contributed by atoms with van der Waals surface area (Å²) in [6.07, 6.45) is 4.63. The lowest BCUT2D eigenvalue weighted by atomic mass is 9.73. The van der Waals surface area contributed by atoms with Crippen LogP contribution >= 0.6 is 0 Å². The van der Waals surface area contributed by atoms with Gasteiger partial charge in [0.05, 0.1) is 0 Å². The van der Waals surface area contributed by atoms with Crippen LogP contribution in [-0.4, -0.2) is 11.6 Å². The van der Waals surface area contributed by atoms with Crippen LogP contribution in [0.2, 0.25) is 0 Å².